The highest BCUT2D eigenvalue weighted by atomic mass is 16.5. The molecule has 0 aliphatic heterocycles. The molecule has 2 atom stereocenters. The van der Waals surface area contributed by atoms with Crippen molar-refractivity contribution in [2.24, 2.45) is 5.73 Å². The standard InChI is InChI=1S/C11H15NO/c1-13-7-8-3-2-4-9(5-8)10-6-11(10)12/h2-5,10-11H,6-7,12H2,1H3/t10-,11+/m0/s1. The molecule has 1 saturated carbocycles. The Morgan fingerprint density at radius 1 is 1.54 bits per heavy atom. The molecule has 0 spiro atoms. The highest BCUT2D eigenvalue weighted by Gasteiger charge is 2.34. The molecule has 1 aliphatic carbocycles. The summed E-state index contributed by atoms with van der Waals surface area (Å²) in [5.74, 6) is 0.594. The zero-order valence-electron chi connectivity index (χ0n) is 7.86. The van der Waals surface area contributed by atoms with E-state index in [-0.39, 0.29) is 0 Å². The molecule has 2 heteroatoms. The van der Waals surface area contributed by atoms with E-state index in [1.165, 1.54) is 11.1 Å². The molecule has 1 aromatic carbocycles. The minimum atomic E-state index is 0.387. The van der Waals surface area contributed by atoms with Gasteiger partial charge >= 0.3 is 0 Å². The molecule has 0 unspecified atom stereocenters. The fraction of sp³-hybridized carbons (Fsp3) is 0.455. The molecular weight excluding hydrogens is 162 g/mol. The summed E-state index contributed by atoms with van der Waals surface area (Å²) in [5.41, 5.74) is 8.39. The zero-order valence-corrected chi connectivity index (χ0v) is 7.86. The van der Waals surface area contributed by atoms with Crippen LogP contribution >= 0.6 is 0 Å². The lowest BCUT2D eigenvalue weighted by Crippen LogP contribution is -2.01. The van der Waals surface area contributed by atoms with Gasteiger partial charge in [0.15, 0.2) is 0 Å². The predicted molar refractivity (Wildman–Crippen MR) is 52.5 cm³/mol. The second kappa shape index (κ2) is 3.48. The molecule has 70 valence electrons. The SMILES string of the molecule is COCc1cccc([C@@H]2C[C@H]2N)c1. The molecule has 0 saturated heterocycles. The van der Waals surface area contributed by atoms with Gasteiger partial charge in [0.2, 0.25) is 0 Å². The Kier molecular flexibility index (Phi) is 2.34. The molecule has 0 heterocycles. The Hall–Kier alpha value is -0.860. The maximum atomic E-state index is 5.79. The van der Waals surface area contributed by atoms with E-state index >= 15 is 0 Å². The van der Waals surface area contributed by atoms with Crippen LogP contribution in [0.5, 0.6) is 0 Å². The van der Waals surface area contributed by atoms with E-state index in [4.69, 9.17) is 10.5 Å². The second-order valence-corrected chi connectivity index (χ2v) is 3.68. The van der Waals surface area contributed by atoms with Crippen molar-refractivity contribution in [2.45, 2.75) is 25.0 Å². The minimum absolute atomic E-state index is 0.387. The van der Waals surface area contributed by atoms with Crippen molar-refractivity contribution in [1.29, 1.82) is 0 Å². The van der Waals surface area contributed by atoms with E-state index in [2.05, 4.69) is 24.3 Å². The van der Waals surface area contributed by atoms with Crippen molar-refractivity contribution in [2.75, 3.05) is 7.11 Å². The monoisotopic (exact) mass is 177 g/mol. The van der Waals surface area contributed by atoms with Crippen LogP contribution in [0.2, 0.25) is 0 Å². The maximum absolute atomic E-state index is 5.79. The van der Waals surface area contributed by atoms with Gasteiger partial charge in [-0.25, -0.2) is 0 Å². The number of hydrogen-bond acceptors (Lipinski definition) is 2. The summed E-state index contributed by atoms with van der Waals surface area (Å²) < 4.78 is 5.08. The van der Waals surface area contributed by atoms with Gasteiger partial charge in [-0.2, -0.15) is 0 Å². The summed E-state index contributed by atoms with van der Waals surface area (Å²) >= 11 is 0. The number of methoxy groups -OCH3 is 1. The van der Waals surface area contributed by atoms with E-state index in [9.17, 15) is 0 Å². The number of benzene rings is 1. The lowest BCUT2D eigenvalue weighted by Gasteiger charge is -2.02. The molecule has 0 bridgehead atoms. The molecule has 13 heavy (non-hydrogen) atoms. The van der Waals surface area contributed by atoms with Gasteiger partial charge < -0.3 is 10.5 Å². The van der Waals surface area contributed by atoms with Crippen LogP contribution in [0.1, 0.15) is 23.5 Å². The van der Waals surface area contributed by atoms with E-state index in [1.807, 2.05) is 0 Å². The smallest absolute Gasteiger partial charge is 0.0713 e. The van der Waals surface area contributed by atoms with Gasteiger partial charge in [-0.15, -0.1) is 0 Å². The third kappa shape index (κ3) is 1.90. The van der Waals surface area contributed by atoms with Crippen molar-refractivity contribution in [3.63, 3.8) is 0 Å². The van der Waals surface area contributed by atoms with Gasteiger partial charge in [-0.3, -0.25) is 0 Å². The van der Waals surface area contributed by atoms with Crippen LogP contribution in [-0.2, 0) is 11.3 Å². The lowest BCUT2D eigenvalue weighted by molar-refractivity contribution is 0.185. The molecule has 0 aromatic heterocycles. The molecule has 1 aromatic rings. The Balaban J connectivity index is 2.13. The van der Waals surface area contributed by atoms with Crippen molar-refractivity contribution in [3.8, 4) is 0 Å². The van der Waals surface area contributed by atoms with E-state index < -0.39 is 0 Å². The van der Waals surface area contributed by atoms with Gasteiger partial charge in [0.05, 0.1) is 6.61 Å². The van der Waals surface area contributed by atoms with Crippen molar-refractivity contribution in [1.82, 2.24) is 0 Å². The predicted octanol–water partition coefficient (Wildman–Crippen LogP) is 1.65. The third-order valence-corrected chi connectivity index (χ3v) is 2.53. The quantitative estimate of drug-likeness (QED) is 0.762. The molecule has 2 N–H and O–H groups in total. The van der Waals surface area contributed by atoms with Gasteiger partial charge in [0.1, 0.15) is 0 Å². The maximum Gasteiger partial charge on any atom is 0.0713 e. The molecule has 0 amide bonds. The molecule has 1 fully saturated rings. The average molecular weight is 177 g/mol. The number of hydrogen-bond donors (Lipinski definition) is 1. The highest BCUT2D eigenvalue weighted by Crippen LogP contribution is 2.39. The van der Waals surface area contributed by atoms with E-state index in [0.717, 1.165) is 6.42 Å². The van der Waals surface area contributed by atoms with Gasteiger partial charge in [-0.1, -0.05) is 24.3 Å². The molecule has 2 rings (SSSR count). The minimum Gasteiger partial charge on any atom is -0.380 e. The van der Waals surface area contributed by atoms with Crippen LogP contribution in [0.25, 0.3) is 0 Å². The molecular formula is C11H15NO. The second-order valence-electron chi connectivity index (χ2n) is 3.68. The Bertz CT molecular complexity index is 298. The zero-order chi connectivity index (χ0) is 9.26. The van der Waals surface area contributed by atoms with Crippen LogP contribution in [0.3, 0.4) is 0 Å². The topological polar surface area (TPSA) is 35.2 Å². The van der Waals surface area contributed by atoms with Crippen LogP contribution in [0.15, 0.2) is 24.3 Å². The summed E-state index contributed by atoms with van der Waals surface area (Å²) in [4.78, 5) is 0. The number of nitrogens with two attached hydrogens (primary N) is 1. The summed E-state index contributed by atoms with van der Waals surface area (Å²) in [6.45, 7) is 0.690. The fourth-order valence-electron chi connectivity index (χ4n) is 1.68. The molecule has 0 radical (unpaired) electrons. The van der Waals surface area contributed by atoms with Crippen molar-refractivity contribution >= 4 is 0 Å². The van der Waals surface area contributed by atoms with Gasteiger partial charge in [0.25, 0.3) is 0 Å². The van der Waals surface area contributed by atoms with Crippen LogP contribution in [0, 0.1) is 0 Å². The van der Waals surface area contributed by atoms with Crippen molar-refractivity contribution in [3.05, 3.63) is 35.4 Å². The molecule has 1 aliphatic rings. The number of rotatable bonds is 3. The van der Waals surface area contributed by atoms with E-state index in [1.54, 1.807) is 7.11 Å². The van der Waals surface area contributed by atoms with Gasteiger partial charge in [-0.05, 0) is 17.5 Å². The first kappa shape index (κ1) is 8.73. The lowest BCUT2D eigenvalue weighted by atomic mass is 10.1. The van der Waals surface area contributed by atoms with Crippen LogP contribution in [0.4, 0.5) is 0 Å². The first-order valence-electron chi connectivity index (χ1n) is 4.64. The summed E-state index contributed by atoms with van der Waals surface area (Å²) in [6.07, 6.45) is 1.14. The Morgan fingerprint density at radius 3 is 2.92 bits per heavy atom. The van der Waals surface area contributed by atoms with Crippen LogP contribution < -0.4 is 5.73 Å². The Morgan fingerprint density at radius 2 is 2.31 bits per heavy atom. The van der Waals surface area contributed by atoms with Crippen molar-refractivity contribution < 1.29 is 4.74 Å². The summed E-state index contributed by atoms with van der Waals surface area (Å²) in [5, 5.41) is 0. The first-order valence-corrected chi connectivity index (χ1v) is 4.64. The van der Waals surface area contributed by atoms with Crippen LogP contribution in [-0.4, -0.2) is 13.2 Å². The summed E-state index contributed by atoms with van der Waals surface area (Å²) in [7, 11) is 1.72. The summed E-state index contributed by atoms with van der Waals surface area (Å²) in [6, 6.07) is 8.89. The largest absolute Gasteiger partial charge is 0.380 e. The fourth-order valence-corrected chi connectivity index (χ4v) is 1.68. The third-order valence-electron chi connectivity index (χ3n) is 2.53. The Labute approximate surface area is 78.7 Å². The average Bonchev–Trinajstić information content (AvgIpc) is 2.84. The normalized spacial score (nSPS) is 26.0. The van der Waals surface area contributed by atoms with E-state index in [0.29, 0.717) is 18.6 Å². The van der Waals surface area contributed by atoms with Gasteiger partial charge in [0, 0.05) is 19.1 Å². The number of ether oxygens (including phenoxy) is 1. The molecule has 2 nitrogen and oxygen atoms in total. The highest BCUT2D eigenvalue weighted by molar-refractivity contribution is 5.31. The first-order chi connectivity index (χ1) is 6.31.